The van der Waals surface area contributed by atoms with Gasteiger partial charge in [-0.15, -0.1) is 0 Å². The van der Waals surface area contributed by atoms with E-state index in [1.54, 1.807) is 0 Å². The molecule has 0 aromatic heterocycles. The van der Waals surface area contributed by atoms with Crippen molar-refractivity contribution in [1.82, 2.24) is 0 Å². The van der Waals surface area contributed by atoms with E-state index >= 15 is 0 Å². The van der Waals surface area contributed by atoms with Gasteiger partial charge in [0.05, 0.1) is 6.10 Å². The van der Waals surface area contributed by atoms with E-state index in [-0.39, 0.29) is 23.3 Å². The average molecular weight is 540 g/mol. The summed E-state index contributed by atoms with van der Waals surface area (Å²) in [6, 6.07) is 22.6. The summed E-state index contributed by atoms with van der Waals surface area (Å²) in [5.74, 6) is 2.33. The predicted molar refractivity (Wildman–Crippen MR) is 163 cm³/mol. The molecule has 0 radical (unpaired) electrons. The first-order valence-corrected chi connectivity index (χ1v) is 15.2. The van der Waals surface area contributed by atoms with Crippen LogP contribution in [0.3, 0.4) is 0 Å². The first kappa shape index (κ1) is 28.4. The zero-order valence-electron chi connectivity index (χ0n) is 24.4. The van der Waals surface area contributed by atoms with Gasteiger partial charge in [0.15, 0.2) is 0 Å². The lowest BCUT2D eigenvalue weighted by atomic mass is 9.84. The number of aliphatic hydroxyl groups excluding tert-OH is 1. The SMILES string of the molecule is CC(C)(C)c1ccc(CCCCC(O)CC2CCCC2)cc1NC(=O)CC1c2ccccc2Oc2ccccc21. The van der Waals surface area contributed by atoms with Gasteiger partial charge < -0.3 is 15.2 Å². The van der Waals surface area contributed by atoms with Crippen LogP contribution in [0.15, 0.2) is 66.7 Å². The number of amides is 1. The maximum Gasteiger partial charge on any atom is 0.225 e. The minimum atomic E-state index is -0.165. The molecule has 1 saturated carbocycles. The summed E-state index contributed by atoms with van der Waals surface area (Å²) >= 11 is 0. The zero-order chi connectivity index (χ0) is 28.1. The monoisotopic (exact) mass is 539 g/mol. The number of para-hydroxylation sites is 2. The second kappa shape index (κ2) is 12.6. The quantitative estimate of drug-likeness (QED) is 0.253. The van der Waals surface area contributed by atoms with Gasteiger partial charge in [0.2, 0.25) is 5.91 Å². The number of carbonyl (C=O) groups is 1. The van der Waals surface area contributed by atoms with Crippen LogP contribution in [0.2, 0.25) is 0 Å². The number of benzene rings is 3. The van der Waals surface area contributed by atoms with Crippen molar-refractivity contribution >= 4 is 11.6 Å². The maximum atomic E-state index is 13.6. The third-order valence-electron chi connectivity index (χ3n) is 8.70. The number of unbranched alkanes of at least 4 members (excludes halogenated alkanes) is 1. The molecule has 212 valence electrons. The maximum absolute atomic E-state index is 13.6. The molecule has 4 nitrogen and oxygen atoms in total. The van der Waals surface area contributed by atoms with E-state index < -0.39 is 0 Å². The van der Waals surface area contributed by atoms with Crippen LogP contribution in [0, 0.1) is 5.92 Å². The van der Waals surface area contributed by atoms with Crippen molar-refractivity contribution in [2.75, 3.05) is 5.32 Å². The molecule has 2 N–H and O–H groups in total. The molecule has 0 bridgehead atoms. The number of aryl methyl sites for hydroxylation is 1. The summed E-state index contributed by atoms with van der Waals surface area (Å²) in [6.07, 6.45) is 10.3. The van der Waals surface area contributed by atoms with Crippen molar-refractivity contribution in [1.29, 1.82) is 0 Å². The number of carbonyl (C=O) groups excluding carboxylic acids is 1. The van der Waals surface area contributed by atoms with Gasteiger partial charge in [0, 0.05) is 29.2 Å². The summed E-state index contributed by atoms with van der Waals surface area (Å²) in [4.78, 5) is 13.6. The number of ether oxygens (including phenoxy) is 1. The summed E-state index contributed by atoms with van der Waals surface area (Å²) in [7, 11) is 0. The molecule has 3 aromatic carbocycles. The molecule has 1 atom stereocenters. The summed E-state index contributed by atoms with van der Waals surface area (Å²) in [5.41, 5.74) is 5.29. The van der Waals surface area contributed by atoms with Crippen LogP contribution >= 0.6 is 0 Å². The number of hydrogen-bond acceptors (Lipinski definition) is 3. The van der Waals surface area contributed by atoms with E-state index in [4.69, 9.17) is 4.74 Å². The molecular weight excluding hydrogens is 494 g/mol. The Kier molecular flexibility index (Phi) is 8.95. The van der Waals surface area contributed by atoms with Gasteiger partial charge in [-0.25, -0.2) is 0 Å². The van der Waals surface area contributed by atoms with Gasteiger partial charge in [0.25, 0.3) is 0 Å². The summed E-state index contributed by atoms with van der Waals surface area (Å²) in [5, 5.41) is 13.8. The highest BCUT2D eigenvalue weighted by Gasteiger charge is 2.29. The molecule has 1 fully saturated rings. The number of hydrogen-bond donors (Lipinski definition) is 2. The Balaban J connectivity index is 1.25. The second-order valence-corrected chi connectivity index (χ2v) is 12.9. The molecular formula is C36H45NO3. The smallest absolute Gasteiger partial charge is 0.225 e. The Labute approximate surface area is 240 Å². The molecule has 1 amide bonds. The Morgan fingerprint density at radius 1 is 0.950 bits per heavy atom. The van der Waals surface area contributed by atoms with E-state index in [1.165, 1.54) is 31.2 Å². The second-order valence-electron chi connectivity index (χ2n) is 12.9. The molecule has 1 heterocycles. The van der Waals surface area contributed by atoms with Crippen molar-refractivity contribution in [3.05, 3.63) is 89.0 Å². The van der Waals surface area contributed by atoms with Crippen LogP contribution in [0.1, 0.15) is 107 Å². The van der Waals surface area contributed by atoms with Gasteiger partial charge in [-0.05, 0) is 66.3 Å². The molecule has 0 spiro atoms. The van der Waals surface area contributed by atoms with Crippen molar-refractivity contribution < 1.29 is 14.6 Å². The highest BCUT2D eigenvalue weighted by atomic mass is 16.5. The lowest BCUT2D eigenvalue weighted by Gasteiger charge is -2.28. The number of aliphatic hydroxyl groups is 1. The normalized spacial score (nSPS) is 16.2. The standard InChI is InChI=1S/C36H45NO3/c1-36(2,3)31-21-20-26(14-6-7-15-27(38)22-25-12-4-5-13-25)23-32(31)37-35(39)24-30-28-16-8-10-18-33(28)40-34-19-11-9-17-29(30)34/h8-11,16-21,23,25,27,30,38H,4-7,12-15,22,24H2,1-3H3,(H,37,39). The van der Waals surface area contributed by atoms with E-state index in [1.807, 2.05) is 36.4 Å². The van der Waals surface area contributed by atoms with Crippen LogP contribution in [-0.2, 0) is 16.6 Å². The van der Waals surface area contributed by atoms with Crippen LogP contribution < -0.4 is 10.1 Å². The first-order valence-electron chi connectivity index (χ1n) is 15.2. The van der Waals surface area contributed by atoms with Crippen LogP contribution in [-0.4, -0.2) is 17.1 Å². The highest BCUT2D eigenvalue weighted by Crippen LogP contribution is 2.45. The Morgan fingerprint density at radius 3 is 2.25 bits per heavy atom. The fourth-order valence-corrected chi connectivity index (χ4v) is 6.58. The fourth-order valence-electron chi connectivity index (χ4n) is 6.58. The summed E-state index contributed by atoms with van der Waals surface area (Å²) < 4.78 is 6.13. The average Bonchev–Trinajstić information content (AvgIpc) is 3.43. The van der Waals surface area contributed by atoms with Crippen molar-refractivity contribution in [3.8, 4) is 11.5 Å². The number of fused-ring (bicyclic) bond motifs is 2. The van der Waals surface area contributed by atoms with Gasteiger partial charge in [-0.3, -0.25) is 4.79 Å². The third-order valence-corrected chi connectivity index (χ3v) is 8.70. The molecule has 1 aliphatic carbocycles. The topological polar surface area (TPSA) is 58.6 Å². The molecule has 1 aliphatic heterocycles. The molecule has 0 saturated heterocycles. The lowest BCUT2D eigenvalue weighted by molar-refractivity contribution is -0.116. The molecule has 40 heavy (non-hydrogen) atoms. The minimum Gasteiger partial charge on any atom is -0.457 e. The first-order chi connectivity index (χ1) is 19.3. The molecule has 4 heteroatoms. The van der Waals surface area contributed by atoms with Crippen LogP contribution in [0.5, 0.6) is 11.5 Å². The van der Waals surface area contributed by atoms with Crippen LogP contribution in [0.4, 0.5) is 5.69 Å². The zero-order valence-corrected chi connectivity index (χ0v) is 24.4. The van der Waals surface area contributed by atoms with Gasteiger partial charge in [0.1, 0.15) is 11.5 Å². The molecule has 1 unspecified atom stereocenters. The molecule has 3 aromatic rings. The summed E-state index contributed by atoms with van der Waals surface area (Å²) in [6.45, 7) is 6.57. The van der Waals surface area contributed by atoms with E-state index in [2.05, 4.69) is 56.4 Å². The Morgan fingerprint density at radius 2 is 1.60 bits per heavy atom. The third kappa shape index (κ3) is 6.96. The largest absolute Gasteiger partial charge is 0.457 e. The number of nitrogens with one attached hydrogen (secondary N) is 1. The Hall–Kier alpha value is -3.11. The minimum absolute atomic E-state index is 0.00851. The fraction of sp³-hybridized carbons (Fsp3) is 0.472. The number of rotatable bonds is 10. The number of anilines is 1. The van der Waals surface area contributed by atoms with E-state index in [0.717, 1.165) is 71.9 Å². The van der Waals surface area contributed by atoms with Crippen molar-refractivity contribution in [2.45, 2.75) is 102 Å². The highest BCUT2D eigenvalue weighted by molar-refractivity contribution is 5.93. The van der Waals surface area contributed by atoms with E-state index in [0.29, 0.717) is 6.42 Å². The lowest BCUT2D eigenvalue weighted by Crippen LogP contribution is -2.22. The van der Waals surface area contributed by atoms with Crippen LogP contribution in [0.25, 0.3) is 0 Å². The Bertz CT molecular complexity index is 1260. The van der Waals surface area contributed by atoms with Crippen molar-refractivity contribution in [3.63, 3.8) is 0 Å². The van der Waals surface area contributed by atoms with Crippen molar-refractivity contribution in [2.24, 2.45) is 5.92 Å². The van der Waals surface area contributed by atoms with Gasteiger partial charge in [-0.1, -0.05) is 101 Å². The van der Waals surface area contributed by atoms with Gasteiger partial charge in [-0.2, -0.15) is 0 Å². The van der Waals surface area contributed by atoms with Gasteiger partial charge >= 0.3 is 0 Å². The predicted octanol–water partition coefficient (Wildman–Crippen LogP) is 8.90. The molecule has 5 rings (SSSR count). The van der Waals surface area contributed by atoms with E-state index in [9.17, 15) is 9.90 Å². The molecule has 2 aliphatic rings.